The van der Waals surface area contributed by atoms with Gasteiger partial charge in [-0.3, -0.25) is 0 Å². The fourth-order valence-electron chi connectivity index (χ4n) is 0.874. The van der Waals surface area contributed by atoms with Crippen LogP contribution in [0.4, 0.5) is 13.2 Å². The lowest BCUT2D eigenvalue weighted by Crippen LogP contribution is -2.23. The van der Waals surface area contributed by atoms with Gasteiger partial charge in [-0.25, -0.2) is 0 Å². The molecule has 0 bridgehead atoms. The van der Waals surface area contributed by atoms with Crippen molar-refractivity contribution in [1.29, 1.82) is 0 Å². The molecule has 0 heterocycles. The first-order valence-electron chi connectivity index (χ1n) is 3.40. The van der Waals surface area contributed by atoms with Crippen LogP contribution in [0.1, 0.15) is 5.56 Å². The van der Waals surface area contributed by atoms with E-state index in [1.54, 1.807) is 6.07 Å². The number of nitrogens with zero attached hydrogens (tertiary/aromatic N) is 1. The topological polar surface area (TPSA) is 32.6 Å². The first kappa shape index (κ1) is 9.57. The summed E-state index contributed by atoms with van der Waals surface area (Å²) in [6.45, 7) is 0. The van der Waals surface area contributed by atoms with Gasteiger partial charge in [0.2, 0.25) is 0 Å². The van der Waals surface area contributed by atoms with Gasteiger partial charge >= 0.3 is 6.18 Å². The van der Waals surface area contributed by atoms with Crippen LogP contribution in [0.5, 0.6) is 0 Å². The van der Waals surface area contributed by atoms with Gasteiger partial charge in [0.05, 0.1) is 0 Å². The number of benzene rings is 1. The van der Waals surface area contributed by atoms with E-state index in [0.29, 0.717) is 0 Å². The predicted octanol–water partition coefficient (Wildman–Crippen LogP) is 2.43. The molecular formula is C8H6F3NO. The molecule has 0 spiro atoms. The Labute approximate surface area is 72.3 Å². The molecule has 0 aliphatic heterocycles. The van der Waals surface area contributed by atoms with Crippen molar-refractivity contribution in [3.8, 4) is 0 Å². The zero-order chi connectivity index (χ0) is 9.90. The van der Waals surface area contributed by atoms with Crippen molar-refractivity contribution in [3.63, 3.8) is 0 Å². The summed E-state index contributed by atoms with van der Waals surface area (Å²) in [6, 6.07) is 6.90. The van der Waals surface area contributed by atoms with Crippen LogP contribution in [-0.2, 0) is 0 Å². The molecule has 1 aromatic rings. The molecule has 0 atom stereocenters. The Balaban J connectivity index is 3.08. The summed E-state index contributed by atoms with van der Waals surface area (Å²) in [5, 5.41) is 10.4. The number of hydrogen-bond acceptors (Lipinski definition) is 2. The minimum atomic E-state index is -4.63. The highest BCUT2D eigenvalue weighted by Crippen LogP contribution is 2.21. The van der Waals surface area contributed by atoms with E-state index in [2.05, 4.69) is 5.16 Å². The highest BCUT2D eigenvalue weighted by Gasteiger charge is 2.37. The Morgan fingerprint density at radius 3 is 2.08 bits per heavy atom. The molecule has 0 fully saturated rings. The first-order chi connectivity index (χ1) is 6.05. The summed E-state index contributed by atoms with van der Waals surface area (Å²) in [5.74, 6) is 0. The second kappa shape index (κ2) is 3.47. The molecule has 1 rings (SSSR count). The predicted molar refractivity (Wildman–Crippen MR) is 40.8 cm³/mol. The Bertz CT molecular complexity index is 305. The number of rotatable bonds is 1. The number of halogens is 3. The van der Waals surface area contributed by atoms with Crippen LogP contribution >= 0.6 is 0 Å². The average Bonchev–Trinajstić information content (AvgIpc) is 2.05. The fourth-order valence-corrected chi connectivity index (χ4v) is 0.874. The van der Waals surface area contributed by atoms with E-state index in [1.807, 2.05) is 0 Å². The molecule has 0 aliphatic carbocycles. The van der Waals surface area contributed by atoms with Gasteiger partial charge in [-0.15, -0.1) is 0 Å². The maximum atomic E-state index is 12.1. The summed E-state index contributed by atoms with van der Waals surface area (Å²) < 4.78 is 36.3. The van der Waals surface area contributed by atoms with Gasteiger partial charge in [0.15, 0.2) is 5.71 Å². The lowest BCUT2D eigenvalue weighted by Gasteiger charge is -2.07. The second-order valence-electron chi connectivity index (χ2n) is 2.31. The summed E-state index contributed by atoms with van der Waals surface area (Å²) in [4.78, 5) is 0. The normalized spacial score (nSPS) is 13.0. The van der Waals surface area contributed by atoms with Crippen molar-refractivity contribution in [3.05, 3.63) is 35.9 Å². The maximum Gasteiger partial charge on any atom is 0.437 e. The Morgan fingerprint density at radius 2 is 1.69 bits per heavy atom. The van der Waals surface area contributed by atoms with Crippen molar-refractivity contribution in [1.82, 2.24) is 0 Å². The molecular weight excluding hydrogens is 183 g/mol. The fraction of sp³-hybridized carbons (Fsp3) is 0.125. The molecule has 1 N–H and O–H groups in total. The molecule has 70 valence electrons. The summed E-state index contributed by atoms with van der Waals surface area (Å²) in [7, 11) is 0. The van der Waals surface area contributed by atoms with Crippen LogP contribution in [-0.4, -0.2) is 17.1 Å². The third-order valence-corrected chi connectivity index (χ3v) is 1.42. The molecule has 0 unspecified atom stereocenters. The van der Waals surface area contributed by atoms with Crippen LogP contribution in [0.2, 0.25) is 0 Å². The number of hydrogen-bond donors (Lipinski definition) is 1. The van der Waals surface area contributed by atoms with E-state index in [1.165, 1.54) is 24.3 Å². The van der Waals surface area contributed by atoms with Crippen LogP contribution in [0.25, 0.3) is 0 Å². The second-order valence-corrected chi connectivity index (χ2v) is 2.31. The lowest BCUT2D eigenvalue weighted by molar-refractivity contribution is -0.0601. The molecule has 0 saturated heterocycles. The zero-order valence-electron chi connectivity index (χ0n) is 6.42. The van der Waals surface area contributed by atoms with Crippen molar-refractivity contribution in [2.75, 3.05) is 0 Å². The van der Waals surface area contributed by atoms with Gasteiger partial charge in [0.25, 0.3) is 0 Å². The zero-order valence-corrected chi connectivity index (χ0v) is 6.42. The van der Waals surface area contributed by atoms with Crippen molar-refractivity contribution >= 4 is 5.71 Å². The van der Waals surface area contributed by atoms with E-state index < -0.39 is 11.9 Å². The van der Waals surface area contributed by atoms with Gasteiger partial charge in [0.1, 0.15) is 0 Å². The van der Waals surface area contributed by atoms with Gasteiger partial charge in [-0.1, -0.05) is 35.5 Å². The monoisotopic (exact) mass is 189 g/mol. The van der Waals surface area contributed by atoms with E-state index in [0.717, 1.165) is 0 Å². The smallest absolute Gasteiger partial charge is 0.410 e. The molecule has 1 aromatic carbocycles. The quantitative estimate of drug-likeness (QED) is 0.410. The van der Waals surface area contributed by atoms with Crippen molar-refractivity contribution in [2.45, 2.75) is 6.18 Å². The Morgan fingerprint density at radius 1 is 1.15 bits per heavy atom. The highest BCUT2D eigenvalue weighted by molar-refractivity contribution is 6.04. The largest absolute Gasteiger partial charge is 0.437 e. The van der Waals surface area contributed by atoms with Crippen LogP contribution < -0.4 is 0 Å². The summed E-state index contributed by atoms with van der Waals surface area (Å²) >= 11 is 0. The van der Waals surface area contributed by atoms with E-state index in [9.17, 15) is 13.2 Å². The third-order valence-electron chi connectivity index (χ3n) is 1.42. The molecule has 0 aliphatic rings. The lowest BCUT2D eigenvalue weighted by atomic mass is 10.1. The van der Waals surface area contributed by atoms with Gasteiger partial charge < -0.3 is 5.21 Å². The standard InChI is InChI=1S/C8H6F3NO/c9-8(10,11)7(12-13)6-4-2-1-3-5-6/h1-5,13H. The Hall–Kier alpha value is -1.52. The SMILES string of the molecule is ON=C(c1ccccc1)C(F)(F)F. The minimum absolute atomic E-state index is 0.155. The van der Waals surface area contributed by atoms with Gasteiger partial charge in [0, 0.05) is 5.56 Å². The number of alkyl halides is 3. The first-order valence-corrected chi connectivity index (χ1v) is 3.40. The number of oxime groups is 1. The van der Waals surface area contributed by atoms with Gasteiger partial charge in [-0.2, -0.15) is 13.2 Å². The maximum absolute atomic E-state index is 12.1. The minimum Gasteiger partial charge on any atom is -0.410 e. The molecule has 0 aromatic heterocycles. The molecule has 5 heteroatoms. The molecule has 13 heavy (non-hydrogen) atoms. The van der Waals surface area contributed by atoms with Crippen LogP contribution in [0.3, 0.4) is 0 Å². The van der Waals surface area contributed by atoms with Crippen molar-refractivity contribution < 1.29 is 18.4 Å². The van der Waals surface area contributed by atoms with Gasteiger partial charge in [-0.05, 0) is 0 Å². The molecule has 0 radical (unpaired) electrons. The van der Waals surface area contributed by atoms with Crippen LogP contribution in [0, 0.1) is 0 Å². The molecule has 0 saturated carbocycles. The molecule has 0 amide bonds. The van der Waals surface area contributed by atoms with E-state index in [-0.39, 0.29) is 5.56 Å². The van der Waals surface area contributed by atoms with Crippen LogP contribution in [0.15, 0.2) is 35.5 Å². The van der Waals surface area contributed by atoms with Crippen molar-refractivity contribution in [2.24, 2.45) is 5.16 Å². The average molecular weight is 189 g/mol. The van der Waals surface area contributed by atoms with E-state index in [4.69, 9.17) is 5.21 Å². The Kier molecular flexibility index (Phi) is 2.55. The highest BCUT2D eigenvalue weighted by atomic mass is 19.4. The molecule has 2 nitrogen and oxygen atoms in total. The summed E-state index contributed by atoms with van der Waals surface area (Å²) in [5.41, 5.74) is -1.44. The van der Waals surface area contributed by atoms with E-state index >= 15 is 0 Å². The summed E-state index contributed by atoms with van der Waals surface area (Å²) in [6.07, 6.45) is -4.63. The third kappa shape index (κ3) is 2.21.